The maximum atomic E-state index is 13.6. The fourth-order valence-electron chi connectivity index (χ4n) is 3.03. The molecule has 0 fully saturated rings. The summed E-state index contributed by atoms with van der Waals surface area (Å²) < 4.78 is 55.8. The van der Waals surface area contributed by atoms with Gasteiger partial charge in [-0.3, -0.25) is 9.69 Å². The molecule has 1 aliphatic rings. The number of aromatic nitrogens is 2. The number of halogens is 4. The highest BCUT2D eigenvalue weighted by Crippen LogP contribution is 2.35. The van der Waals surface area contributed by atoms with Crippen LogP contribution in [-0.2, 0) is 23.9 Å². The Bertz CT molecular complexity index is 1050. The van der Waals surface area contributed by atoms with Crippen molar-refractivity contribution in [1.82, 2.24) is 15.0 Å². The maximum Gasteiger partial charge on any atom is 0.471 e. The predicted molar refractivity (Wildman–Crippen MR) is 96.6 cm³/mol. The summed E-state index contributed by atoms with van der Waals surface area (Å²) in [4.78, 5) is 19.0. The van der Waals surface area contributed by atoms with Crippen LogP contribution in [0.25, 0.3) is 10.7 Å². The standard InChI is InChI=1S/C18H14F4N4O2S/c19-11-3-1-2-4-12(11)23-15(27)9-26-6-5-13-10(8-26)7-14(29-13)16-24-17(28-25-16)18(20,21)22/h1-4,7H,5-6,8-9H2,(H,23,27). The summed E-state index contributed by atoms with van der Waals surface area (Å²) in [6, 6.07) is 7.62. The summed E-state index contributed by atoms with van der Waals surface area (Å²) in [7, 11) is 0. The number of nitrogens with zero attached hydrogens (tertiary/aromatic N) is 3. The molecule has 1 amide bonds. The molecule has 152 valence electrons. The third kappa shape index (κ3) is 4.30. The van der Waals surface area contributed by atoms with Crippen LogP contribution in [0.1, 0.15) is 16.3 Å². The molecule has 0 spiro atoms. The van der Waals surface area contributed by atoms with E-state index >= 15 is 0 Å². The Morgan fingerprint density at radius 3 is 2.83 bits per heavy atom. The number of amides is 1. The average molecular weight is 426 g/mol. The summed E-state index contributed by atoms with van der Waals surface area (Å²) in [6.45, 7) is 1.11. The Kier molecular flexibility index (Phi) is 5.09. The van der Waals surface area contributed by atoms with E-state index in [-0.39, 0.29) is 24.0 Å². The van der Waals surface area contributed by atoms with Gasteiger partial charge in [0.05, 0.1) is 17.1 Å². The van der Waals surface area contributed by atoms with Gasteiger partial charge in [0.1, 0.15) is 5.82 Å². The third-order valence-electron chi connectivity index (χ3n) is 4.35. The quantitative estimate of drug-likeness (QED) is 0.640. The highest BCUT2D eigenvalue weighted by Gasteiger charge is 2.38. The number of thiophene rings is 1. The molecule has 0 saturated carbocycles. The SMILES string of the molecule is O=C(CN1CCc2sc(-c3noc(C(F)(F)F)n3)cc2C1)Nc1ccccc1F. The number of alkyl halides is 3. The van der Waals surface area contributed by atoms with E-state index in [0.717, 1.165) is 10.4 Å². The van der Waals surface area contributed by atoms with E-state index in [0.29, 0.717) is 24.4 Å². The van der Waals surface area contributed by atoms with Gasteiger partial charge in [-0.1, -0.05) is 17.3 Å². The Labute approximate surface area is 166 Å². The van der Waals surface area contributed by atoms with Gasteiger partial charge in [0.25, 0.3) is 0 Å². The van der Waals surface area contributed by atoms with Crippen molar-refractivity contribution in [3.63, 3.8) is 0 Å². The van der Waals surface area contributed by atoms with Gasteiger partial charge in [0.15, 0.2) is 0 Å². The second-order valence-corrected chi connectivity index (χ2v) is 7.61. The van der Waals surface area contributed by atoms with E-state index in [1.807, 2.05) is 4.90 Å². The molecule has 4 rings (SSSR count). The molecule has 1 aliphatic heterocycles. The van der Waals surface area contributed by atoms with Crippen molar-refractivity contribution in [3.8, 4) is 10.7 Å². The molecule has 0 bridgehead atoms. The van der Waals surface area contributed by atoms with Crippen LogP contribution in [0.5, 0.6) is 0 Å². The first-order valence-electron chi connectivity index (χ1n) is 8.59. The molecule has 6 nitrogen and oxygen atoms in total. The molecular formula is C18H14F4N4O2S. The molecule has 0 aliphatic carbocycles. The van der Waals surface area contributed by atoms with E-state index in [1.165, 1.54) is 29.5 Å². The van der Waals surface area contributed by atoms with Crippen molar-refractivity contribution in [1.29, 1.82) is 0 Å². The zero-order chi connectivity index (χ0) is 20.6. The molecule has 0 radical (unpaired) electrons. The summed E-state index contributed by atoms with van der Waals surface area (Å²) >= 11 is 1.31. The Hall–Kier alpha value is -2.79. The van der Waals surface area contributed by atoms with Crippen LogP contribution in [0, 0.1) is 5.82 Å². The van der Waals surface area contributed by atoms with E-state index in [1.54, 1.807) is 12.1 Å². The van der Waals surface area contributed by atoms with Gasteiger partial charge in [0, 0.05) is 18.0 Å². The highest BCUT2D eigenvalue weighted by atomic mass is 32.1. The van der Waals surface area contributed by atoms with Gasteiger partial charge < -0.3 is 9.84 Å². The zero-order valence-electron chi connectivity index (χ0n) is 14.8. The van der Waals surface area contributed by atoms with Gasteiger partial charge in [-0.25, -0.2) is 4.39 Å². The van der Waals surface area contributed by atoms with E-state index in [2.05, 4.69) is 20.0 Å². The number of carbonyl (C=O) groups excluding carboxylic acids is 1. The number of nitrogens with one attached hydrogen (secondary N) is 1. The van der Waals surface area contributed by atoms with E-state index in [4.69, 9.17) is 0 Å². The number of hydrogen-bond donors (Lipinski definition) is 1. The Morgan fingerprint density at radius 2 is 2.10 bits per heavy atom. The lowest BCUT2D eigenvalue weighted by molar-refractivity contribution is -0.159. The summed E-state index contributed by atoms with van der Waals surface area (Å²) in [5, 5.41) is 5.95. The van der Waals surface area contributed by atoms with Crippen LogP contribution in [0.15, 0.2) is 34.9 Å². The molecule has 2 aromatic heterocycles. The van der Waals surface area contributed by atoms with Crippen molar-refractivity contribution in [3.05, 3.63) is 52.5 Å². The molecule has 1 N–H and O–H groups in total. The largest absolute Gasteiger partial charge is 0.471 e. The molecule has 0 unspecified atom stereocenters. The maximum absolute atomic E-state index is 13.6. The number of hydrogen-bond acceptors (Lipinski definition) is 6. The Balaban J connectivity index is 1.42. The minimum atomic E-state index is -4.69. The lowest BCUT2D eigenvalue weighted by Crippen LogP contribution is -2.36. The number of anilines is 1. The molecule has 29 heavy (non-hydrogen) atoms. The van der Waals surface area contributed by atoms with Gasteiger partial charge in [-0.2, -0.15) is 18.2 Å². The number of para-hydroxylation sites is 1. The van der Waals surface area contributed by atoms with Crippen LogP contribution in [0.2, 0.25) is 0 Å². The van der Waals surface area contributed by atoms with Crippen LogP contribution in [0.3, 0.4) is 0 Å². The molecule has 1 aromatic carbocycles. The minimum Gasteiger partial charge on any atom is -0.329 e. The van der Waals surface area contributed by atoms with E-state index in [9.17, 15) is 22.4 Å². The van der Waals surface area contributed by atoms with Crippen molar-refractivity contribution >= 4 is 22.9 Å². The topological polar surface area (TPSA) is 71.3 Å². The average Bonchev–Trinajstić information content (AvgIpc) is 3.29. The first-order valence-corrected chi connectivity index (χ1v) is 9.41. The fraction of sp³-hybridized carbons (Fsp3) is 0.278. The lowest BCUT2D eigenvalue weighted by atomic mass is 10.1. The minimum absolute atomic E-state index is 0.0688. The third-order valence-corrected chi connectivity index (χ3v) is 5.58. The summed E-state index contributed by atoms with van der Waals surface area (Å²) in [6.07, 6.45) is -4.05. The lowest BCUT2D eigenvalue weighted by Gasteiger charge is -2.26. The second-order valence-electron chi connectivity index (χ2n) is 6.47. The summed E-state index contributed by atoms with van der Waals surface area (Å²) in [5.41, 5.74) is 1.01. The molecule has 0 saturated heterocycles. The van der Waals surface area contributed by atoms with E-state index < -0.39 is 17.9 Å². The van der Waals surface area contributed by atoms with Gasteiger partial charge in [-0.05, 0) is 30.2 Å². The van der Waals surface area contributed by atoms with Crippen LogP contribution < -0.4 is 5.32 Å². The molecule has 11 heteroatoms. The normalized spacial score (nSPS) is 14.6. The highest BCUT2D eigenvalue weighted by molar-refractivity contribution is 7.15. The zero-order valence-corrected chi connectivity index (χ0v) is 15.6. The van der Waals surface area contributed by atoms with Crippen molar-refractivity contribution in [2.45, 2.75) is 19.1 Å². The van der Waals surface area contributed by atoms with Crippen molar-refractivity contribution in [2.75, 3.05) is 18.4 Å². The van der Waals surface area contributed by atoms with Crippen LogP contribution in [0.4, 0.5) is 23.2 Å². The number of benzene rings is 1. The van der Waals surface area contributed by atoms with Gasteiger partial charge in [-0.15, -0.1) is 11.3 Å². The molecule has 3 aromatic rings. The van der Waals surface area contributed by atoms with Gasteiger partial charge in [0.2, 0.25) is 11.7 Å². The smallest absolute Gasteiger partial charge is 0.329 e. The number of rotatable bonds is 4. The molecule has 3 heterocycles. The summed E-state index contributed by atoms with van der Waals surface area (Å²) in [5.74, 6) is -2.35. The van der Waals surface area contributed by atoms with Gasteiger partial charge >= 0.3 is 12.1 Å². The van der Waals surface area contributed by atoms with Crippen molar-refractivity contribution < 1.29 is 26.9 Å². The van der Waals surface area contributed by atoms with Crippen molar-refractivity contribution in [2.24, 2.45) is 0 Å². The van der Waals surface area contributed by atoms with Crippen LogP contribution >= 0.6 is 11.3 Å². The number of fused-ring (bicyclic) bond motifs is 1. The first-order chi connectivity index (χ1) is 13.8. The molecular weight excluding hydrogens is 412 g/mol. The second kappa shape index (κ2) is 7.56. The monoisotopic (exact) mass is 426 g/mol. The Morgan fingerprint density at radius 1 is 1.31 bits per heavy atom. The molecule has 0 atom stereocenters. The predicted octanol–water partition coefficient (Wildman–Crippen LogP) is 3.95. The first kappa shape index (κ1) is 19.5. The fourth-order valence-corrected chi connectivity index (χ4v) is 4.12. The van der Waals surface area contributed by atoms with Crippen LogP contribution in [-0.4, -0.2) is 34.0 Å². The number of carbonyl (C=O) groups is 1.